The highest BCUT2D eigenvalue weighted by atomic mass is 16.6. The van der Waals surface area contributed by atoms with Crippen LogP contribution in [-0.4, -0.2) is 59.8 Å². The molecule has 3 aromatic rings. The molecule has 5 rings (SSSR count). The number of ether oxygens (including phenoxy) is 3. The number of hydrogen-bond donors (Lipinski definition) is 3. The Morgan fingerprint density at radius 3 is 2.88 bits per heavy atom. The highest BCUT2D eigenvalue weighted by Crippen LogP contribution is 2.29. The van der Waals surface area contributed by atoms with Crippen LogP contribution in [0, 0.1) is 0 Å². The summed E-state index contributed by atoms with van der Waals surface area (Å²) in [5.41, 5.74) is 2.82. The van der Waals surface area contributed by atoms with Gasteiger partial charge >= 0.3 is 0 Å². The first-order valence-corrected chi connectivity index (χ1v) is 11.0. The molecule has 0 bridgehead atoms. The van der Waals surface area contributed by atoms with Gasteiger partial charge in [-0.1, -0.05) is 6.07 Å². The largest absolute Gasteiger partial charge is 0.486 e. The van der Waals surface area contributed by atoms with Crippen LogP contribution in [0.15, 0.2) is 36.7 Å². The number of nitrogens with zero attached hydrogens (tertiary/aromatic N) is 3. The number of benzene rings is 1. The first kappa shape index (κ1) is 21.4. The molecule has 2 unspecified atom stereocenters. The van der Waals surface area contributed by atoms with E-state index >= 15 is 0 Å². The minimum Gasteiger partial charge on any atom is -0.486 e. The molecular weight excluding hydrogens is 424 g/mol. The number of piperidine rings is 1. The lowest BCUT2D eigenvalue weighted by Gasteiger charge is -2.30. The Balaban J connectivity index is 1.14. The van der Waals surface area contributed by atoms with E-state index in [1.54, 1.807) is 12.4 Å². The molecular formula is C23H26N6O4. The van der Waals surface area contributed by atoms with Crippen LogP contribution in [0.25, 0.3) is 11.0 Å². The van der Waals surface area contributed by atoms with Crippen molar-refractivity contribution in [1.82, 2.24) is 25.6 Å². The molecule has 10 nitrogen and oxygen atoms in total. The van der Waals surface area contributed by atoms with Gasteiger partial charge in [0.1, 0.15) is 18.7 Å². The third-order valence-corrected chi connectivity index (χ3v) is 5.81. The molecule has 2 atom stereocenters. The number of anilines is 1. The van der Waals surface area contributed by atoms with Crippen molar-refractivity contribution in [3.8, 4) is 17.4 Å². The van der Waals surface area contributed by atoms with Crippen molar-refractivity contribution < 1.29 is 19.0 Å². The number of fused-ring (bicyclic) bond motifs is 2. The Morgan fingerprint density at radius 2 is 2.06 bits per heavy atom. The van der Waals surface area contributed by atoms with Crippen LogP contribution in [0.2, 0.25) is 0 Å². The summed E-state index contributed by atoms with van der Waals surface area (Å²) in [5.74, 6) is 1.75. The maximum Gasteiger partial charge on any atom is 0.241 e. The minimum absolute atomic E-state index is 0.0842. The van der Waals surface area contributed by atoms with Gasteiger partial charge in [-0.25, -0.2) is 9.97 Å². The van der Waals surface area contributed by atoms with Crippen LogP contribution < -0.4 is 30.2 Å². The topological polar surface area (TPSA) is 120 Å². The second-order valence-corrected chi connectivity index (χ2v) is 8.01. The number of aromatic nitrogens is 3. The highest BCUT2D eigenvalue weighted by molar-refractivity contribution is 6.01. The van der Waals surface area contributed by atoms with Gasteiger partial charge < -0.3 is 30.2 Å². The maximum absolute atomic E-state index is 12.9. The van der Waals surface area contributed by atoms with Crippen molar-refractivity contribution in [3.05, 3.63) is 42.4 Å². The third kappa shape index (κ3) is 4.81. The fourth-order valence-electron chi connectivity index (χ4n) is 4.03. The third-order valence-electron chi connectivity index (χ3n) is 5.81. The predicted octanol–water partition coefficient (Wildman–Crippen LogP) is 1.65. The monoisotopic (exact) mass is 450 g/mol. The van der Waals surface area contributed by atoms with E-state index < -0.39 is 0 Å². The minimum atomic E-state index is -0.274. The zero-order valence-electron chi connectivity index (χ0n) is 18.3. The summed E-state index contributed by atoms with van der Waals surface area (Å²) in [5, 5.41) is 9.84. The van der Waals surface area contributed by atoms with Gasteiger partial charge in [0.25, 0.3) is 0 Å². The van der Waals surface area contributed by atoms with E-state index in [1.807, 2.05) is 24.3 Å². The summed E-state index contributed by atoms with van der Waals surface area (Å²) in [7, 11) is 1.54. The van der Waals surface area contributed by atoms with Gasteiger partial charge in [0, 0.05) is 25.2 Å². The van der Waals surface area contributed by atoms with Gasteiger partial charge in [-0.05, 0) is 25.0 Å². The SMILES string of the molecule is COc1cnc2cccc(NC(=O)C3CCC(NCc4cc5c(cn4)OCCO5)CN3)c2n1. The lowest BCUT2D eigenvalue weighted by Crippen LogP contribution is -2.52. The Kier molecular flexibility index (Phi) is 6.18. The fraction of sp³-hybridized carbons (Fsp3) is 0.391. The average Bonchev–Trinajstić information content (AvgIpc) is 2.87. The molecule has 2 aliphatic rings. The van der Waals surface area contributed by atoms with E-state index in [0.29, 0.717) is 54.7 Å². The van der Waals surface area contributed by atoms with Crippen molar-refractivity contribution >= 4 is 22.6 Å². The first-order valence-electron chi connectivity index (χ1n) is 11.0. The second kappa shape index (κ2) is 9.55. The van der Waals surface area contributed by atoms with Crippen LogP contribution in [0.1, 0.15) is 18.5 Å². The number of amides is 1. The second-order valence-electron chi connectivity index (χ2n) is 8.01. The number of pyridine rings is 1. The van der Waals surface area contributed by atoms with E-state index in [4.69, 9.17) is 14.2 Å². The lowest BCUT2D eigenvalue weighted by molar-refractivity contribution is -0.118. The quantitative estimate of drug-likeness (QED) is 0.515. The van der Waals surface area contributed by atoms with Crippen LogP contribution in [0.3, 0.4) is 0 Å². The molecule has 0 aliphatic carbocycles. The molecule has 172 valence electrons. The zero-order chi connectivity index (χ0) is 22.6. The van der Waals surface area contributed by atoms with Crippen molar-refractivity contribution in [3.63, 3.8) is 0 Å². The normalized spacial score (nSPS) is 19.8. The molecule has 0 saturated carbocycles. The number of methoxy groups -OCH3 is 1. The van der Waals surface area contributed by atoms with Crippen molar-refractivity contribution in [2.75, 3.05) is 32.2 Å². The maximum atomic E-state index is 12.9. The number of rotatable bonds is 6. The molecule has 4 heterocycles. The van der Waals surface area contributed by atoms with Gasteiger partial charge in [0.05, 0.1) is 42.4 Å². The molecule has 10 heteroatoms. The summed E-state index contributed by atoms with van der Waals surface area (Å²) >= 11 is 0. The molecule has 0 radical (unpaired) electrons. The zero-order valence-corrected chi connectivity index (χ0v) is 18.3. The summed E-state index contributed by atoms with van der Waals surface area (Å²) in [6, 6.07) is 7.40. The van der Waals surface area contributed by atoms with E-state index in [1.165, 1.54) is 7.11 Å². The van der Waals surface area contributed by atoms with E-state index in [9.17, 15) is 4.79 Å². The van der Waals surface area contributed by atoms with Crippen LogP contribution in [0.4, 0.5) is 5.69 Å². The van der Waals surface area contributed by atoms with Gasteiger partial charge in [0.2, 0.25) is 11.8 Å². The smallest absolute Gasteiger partial charge is 0.241 e. The first-order chi connectivity index (χ1) is 16.2. The van der Waals surface area contributed by atoms with Crippen LogP contribution >= 0.6 is 0 Å². The summed E-state index contributed by atoms with van der Waals surface area (Å²) in [4.78, 5) is 26.1. The van der Waals surface area contributed by atoms with Crippen molar-refractivity contribution in [1.29, 1.82) is 0 Å². The Bertz CT molecular complexity index is 1150. The lowest BCUT2D eigenvalue weighted by atomic mass is 10.00. The highest BCUT2D eigenvalue weighted by Gasteiger charge is 2.26. The fourth-order valence-corrected chi connectivity index (χ4v) is 4.03. The molecule has 3 N–H and O–H groups in total. The van der Waals surface area contributed by atoms with Crippen LogP contribution in [-0.2, 0) is 11.3 Å². The summed E-state index contributed by atoms with van der Waals surface area (Å²) < 4.78 is 16.3. The number of carbonyl (C=O) groups excluding carboxylic acids is 1. The Labute approximate surface area is 191 Å². The summed E-state index contributed by atoms with van der Waals surface area (Å²) in [6.07, 6.45) is 4.86. The van der Waals surface area contributed by atoms with E-state index in [0.717, 1.165) is 24.3 Å². The molecule has 2 aliphatic heterocycles. The van der Waals surface area contributed by atoms with Crippen LogP contribution in [0.5, 0.6) is 17.4 Å². The summed E-state index contributed by atoms with van der Waals surface area (Å²) in [6.45, 7) is 2.41. The number of carbonyl (C=O) groups is 1. The number of hydrogen-bond acceptors (Lipinski definition) is 9. The van der Waals surface area contributed by atoms with E-state index in [2.05, 4.69) is 30.9 Å². The molecule has 2 aromatic heterocycles. The van der Waals surface area contributed by atoms with Gasteiger partial charge in [-0.15, -0.1) is 0 Å². The number of nitrogens with one attached hydrogen (secondary N) is 3. The van der Waals surface area contributed by atoms with Crippen molar-refractivity contribution in [2.24, 2.45) is 0 Å². The van der Waals surface area contributed by atoms with Crippen molar-refractivity contribution in [2.45, 2.75) is 31.5 Å². The molecule has 1 aromatic carbocycles. The van der Waals surface area contributed by atoms with E-state index in [-0.39, 0.29) is 18.0 Å². The molecule has 33 heavy (non-hydrogen) atoms. The van der Waals surface area contributed by atoms with Gasteiger partial charge in [-0.3, -0.25) is 9.78 Å². The average molecular weight is 450 g/mol. The molecule has 1 fully saturated rings. The predicted molar refractivity (Wildman–Crippen MR) is 122 cm³/mol. The molecule has 1 saturated heterocycles. The Morgan fingerprint density at radius 1 is 1.18 bits per heavy atom. The standard InChI is InChI=1S/C23H26N6O4/c1-31-21-13-27-16-3-2-4-17(22(16)29-21)28-23(30)18-6-5-14(10-26-18)24-11-15-9-19-20(12-25-15)33-8-7-32-19/h2-4,9,12-14,18,24,26H,5-8,10-11H2,1H3,(H,28,30). The number of para-hydroxylation sites is 1. The Hall–Kier alpha value is -3.50. The molecule has 1 amide bonds. The molecule has 0 spiro atoms. The van der Waals surface area contributed by atoms with Gasteiger partial charge in [-0.2, -0.15) is 0 Å². The van der Waals surface area contributed by atoms with Gasteiger partial charge in [0.15, 0.2) is 11.5 Å².